The van der Waals surface area contributed by atoms with E-state index in [1.165, 1.54) is 15.7 Å². The van der Waals surface area contributed by atoms with Gasteiger partial charge in [0.05, 0.1) is 13.2 Å². The molecule has 8 heteroatoms. The molecule has 1 aromatic carbocycles. The number of nitrogens with zero attached hydrogens (tertiary/aromatic N) is 3. The number of anilines is 1. The van der Waals surface area contributed by atoms with E-state index in [-0.39, 0.29) is 17.8 Å². The Morgan fingerprint density at radius 2 is 1.94 bits per heavy atom. The number of fused-ring (bicyclic) bond motifs is 3. The molecule has 170 valence electrons. The smallest absolute Gasteiger partial charge is 0.276 e. The van der Waals surface area contributed by atoms with Gasteiger partial charge in [0, 0.05) is 25.0 Å². The number of hydrogen-bond donors (Lipinski definition) is 1. The zero-order chi connectivity index (χ0) is 23.0. The van der Waals surface area contributed by atoms with Gasteiger partial charge in [0.2, 0.25) is 5.43 Å². The van der Waals surface area contributed by atoms with Crippen molar-refractivity contribution < 1.29 is 19.4 Å². The molecule has 8 nitrogen and oxygen atoms in total. The fourth-order valence-corrected chi connectivity index (χ4v) is 4.63. The minimum Gasteiger partial charge on any atom is -0.503 e. The van der Waals surface area contributed by atoms with Gasteiger partial charge < -0.3 is 24.2 Å². The Balaban J connectivity index is 0.00000119. The molecule has 0 bridgehead atoms. The van der Waals surface area contributed by atoms with Crippen LogP contribution in [0.3, 0.4) is 0 Å². The molecule has 1 unspecified atom stereocenters. The summed E-state index contributed by atoms with van der Waals surface area (Å²) >= 11 is 0. The van der Waals surface area contributed by atoms with Crippen molar-refractivity contribution >= 4 is 17.5 Å². The molecular formula is C24H29N3O5. The molecule has 1 atom stereocenters. The maximum absolute atomic E-state index is 13.3. The number of pyridine rings is 1. The van der Waals surface area contributed by atoms with Crippen LogP contribution in [-0.2, 0) is 17.7 Å². The zero-order valence-electron chi connectivity index (χ0n) is 18.8. The van der Waals surface area contributed by atoms with Crippen molar-refractivity contribution in [1.82, 2.24) is 9.47 Å². The highest BCUT2D eigenvalue weighted by Crippen LogP contribution is 2.30. The SMILES string of the molecule is CC.Cc1ccc2c(c1)CCCN2C(=O)c1cn2c(c(O)c1=O)C(=O)N1CCCOC1C2. The Kier molecular flexibility index (Phi) is 6.06. The number of aryl methyl sites for hydroxylation is 2. The van der Waals surface area contributed by atoms with Crippen LogP contribution in [0, 0.1) is 6.92 Å². The first-order valence-electron chi connectivity index (χ1n) is 11.3. The van der Waals surface area contributed by atoms with Crippen LogP contribution in [0.5, 0.6) is 5.75 Å². The van der Waals surface area contributed by atoms with E-state index in [2.05, 4.69) is 6.07 Å². The first kappa shape index (κ1) is 22.1. The average Bonchev–Trinajstić information content (AvgIpc) is 2.81. The van der Waals surface area contributed by atoms with Gasteiger partial charge in [0.15, 0.2) is 17.7 Å². The fraction of sp³-hybridized carbons (Fsp3) is 0.458. The third-order valence-corrected chi connectivity index (χ3v) is 6.10. The Bertz CT molecular complexity index is 1120. The number of aromatic hydroxyl groups is 1. The number of carbonyl (C=O) groups is 2. The summed E-state index contributed by atoms with van der Waals surface area (Å²) < 4.78 is 7.17. The maximum Gasteiger partial charge on any atom is 0.276 e. The topological polar surface area (TPSA) is 92.1 Å². The first-order chi connectivity index (χ1) is 15.5. The molecule has 2 aromatic rings. The molecule has 1 aromatic heterocycles. The van der Waals surface area contributed by atoms with Crippen LogP contribution in [0.1, 0.15) is 58.7 Å². The quantitative estimate of drug-likeness (QED) is 0.738. The van der Waals surface area contributed by atoms with Gasteiger partial charge in [0.25, 0.3) is 11.8 Å². The molecule has 5 rings (SSSR count). The molecule has 0 aliphatic carbocycles. The summed E-state index contributed by atoms with van der Waals surface area (Å²) in [6.45, 7) is 7.83. The Morgan fingerprint density at radius 3 is 2.72 bits per heavy atom. The standard InChI is InChI=1S/C22H23N3O5.C2H6/c1-13-5-6-16-14(10-13)4-2-7-24(16)21(28)15-11-23-12-17-25(8-3-9-30-17)22(29)18(23)20(27)19(15)26;1-2/h5-6,10-11,17,27H,2-4,7-9,12H2,1H3;1-2H3. The predicted molar refractivity (Wildman–Crippen MR) is 120 cm³/mol. The summed E-state index contributed by atoms with van der Waals surface area (Å²) in [5.74, 6) is -1.58. The normalized spacial score (nSPS) is 19.3. The highest BCUT2D eigenvalue weighted by atomic mass is 16.5. The molecule has 3 aliphatic rings. The van der Waals surface area contributed by atoms with Gasteiger partial charge in [-0.3, -0.25) is 14.4 Å². The first-order valence-corrected chi connectivity index (χ1v) is 11.3. The predicted octanol–water partition coefficient (Wildman–Crippen LogP) is 2.68. The summed E-state index contributed by atoms with van der Waals surface area (Å²) in [4.78, 5) is 42.2. The van der Waals surface area contributed by atoms with Crippen LogP contribution in [0.4, 0.5) is 5.69 Å². The minimum absolute atomic E-state index is 0.0760. The molecule has 0 radical (unpaired) electrons. The third-order valence-electron chi connectivity index (χ3n) is 6.10. The fourth-order valence-electron chi connectivity index (χ4n) is 4.63. The maximum atomic E-state index is 13.3. The van der Waals surface area contributed by atoms with E-state index >= 15 is 0 Å². The lowest BCUT2D eigenvalue weighted by molar-refractivity contribution is -0.0920. The summed E-state index contributed by atoms with van der Waals surface area (Å²) in [5, 5.41) is 10.6. The number of carbonyl (C=O) groups excluding carboxylic acids is 2. The van der Waals surface area contributed by atoms with Gasteiger partial charge in [-0.25, -0.2) is 0 Å². The number of ether oxygens (including phenoxy) is 1. The molecule has 32 heavy (non-hydrogen) atoms. The zero-order valence-corrected chi connectivity index (χ0v) is 18.8. The van der Waals surface area contributed by atoms with Crippen molar-refractivity contribution in [1.29, 1.82) is 0 Å². The van der Waals surface area contributed by atoms with Crippen molar-refractivity contribution in [3.63, 3.8) is 0 Å². The molecule has 0 spiro atoms. The van der Waals surface area contributed by atoms with E-state index in [1.807, 2.05) is 32.9 Å². The van der Waals surface area contributed by atoms with E-state index in [1.54, 1.807) is 4.90 Å². The number of aromatic nitrogens is 1. The van der Waals surface area contributed by atoms with Gasteiger partial charge in [-0.15, -0.1) is 0 Å². The van der Waals surface area contributed by atoms with Gasteiger partial charge in [-0.05, 0) is 37.8 Å². The molecule has 1 N–H and O–H groups in total. The lowest BCUT2D eigenvalue weighted by Crippen LogP contribution is -2.53. The second kappa shape index (κ2) is 8.78. The van der Waals surface area contributed by atoms with Crippen molar-refractivity contribution in [2.75, 3.05) is 24.6 Å². The van der Waals surface area contributed by atoms with Crippen LogP contribution in [0.2, 0.25) is 0 Å². The molecule has 2 amide bonds. The third kappa shape index (κ3) is 3.58. The summed E-state index contributed by atoms with van der Waals surface area (Å²) in [5.41, 5.74) is 1.95. The number of amides is 2. The van der Waals surface area contributed by atoms with Gasteiger partial charge in [-0.2, -0.15) is 0 Å². The summed E-state index contributed by atoms with van der Waals surface area (Å²) in [6.07, 6.45) is 3.32. The van der Waals surface area contributed by atoms with Crippen molar-refractivity contribution in [2.45, 2.75) is 52.8 Å². The lowest BCUT2D eigenvalue weighted by Gasteiger charge is -2.40. The van der Waals surface area contributed by atoms with Gasteiger partial charge in [0.1, 0.15) is 5.56 Å². The highest BCUT2D eigenvalue weighted by molar-refractivity contribution is 6.07. The Labute approximate surface area is 187 Å². The van der Waals surface area contributed by atoms with E-state index in [4.69, 9.17) is 4.74 Å². The van der Waals surface area contributed by atoms with Gasteiger partial charge >= 0.3 is 0 Å². The Hall–Kier alpha value is -3.13. The van der Waals surface area contributed by atoms with Crippen molar-refractivity contribution in [3.05, 3.63) is 57.0 Å². The number of rotatable bonds is 1. The molecule has 0 saturated carbocycles. The van der Waals surface area contributed by atoms with Gasteiger partial charge in [-0.1, -0.05) is 31.5 Å². The lowest BCUT2D eigenvalue weighted by atomic mass is 9.98. The van der Waals surface area contributed by atoms with E-state index in [9.17, 15) is 19.5 Å². The number of hydrogen-bond acceptors (Lipinski definition) is 5. The Morgan fingerprint density at radius 1 is 1.16 bits per heavy atom. The van der Waals surface area contributed by atoms with Crippen LogP contribution in [0.15, 0.2) is 29.2 Å². The summed E-state index contributed by atoms with van der Waals surface area (Å²) in [6, 6.07) is 5.89. The van der Waals surface area contributed by atoms with Crippen LogP contribution in [0.25, 0.3) is 0 Å². The molecule has 4 heterocycles. The average molecular weight is 440 g/mol. The second-order valence-electron chi connectivity index (χ2n) is 8.09. The van der Waals surface area contributed by atoms with Crippen LogP contribution < -0.4 is 10.3 Å². The molecule has 1 saturated heterocycles. The van der Waals surface area contributed by atoms with E-state index in [0.717, 1.165) is 29.7 Å². The van der Waals surface area contributed by atoms with E-state index < -0.39 is 29.2 Å². The highest BCUT2D eigenvalue weighted by Gasteiger charge is 2.38. The second-order valence-corrected chi connectivity index (χ2v) is 8.09. The monoisotopic (exact) mass is 439 g/mol. The number of benzene rings is 1. The summed E-state index contributed by atoms with van der Waals surface area (Å²) in [7, 11) is 0. The molecular weight excluding hydrogens is 410 g/mol. The van der Waals surface area contributed by atoms with Crippen molar-refractivity contribution in [3.8, 4) is 5.75 Å². The van der Waals surface area contributed by atoms with Crippen LogP contribution in [-0.4, -0.2) is 52.3 Å². The van der Waals surface area contributed by atoms with E-state index in [0.29, 0.717) is 26.1 Å². The largest absolute Gasteiger partial charge is 0.503 e. The van der Waals surface area contributed by atoms with Crippen molar-refractivity contribution in [2.24, 2.45) is 0 Å². The van der Waals surface area contributed by atoms with Crippen LogP contribution >= 0.6 is 0 Å². The molecule has 1 fully saturated rings. The molecule has 3 aliphatic heterocycles. The minimum atomic E-state index is -0.810.